The molecule has 3 rings (SSSR count). The van der Waals surface area contributed by atoms with Crippen LogP contribution in [-0.2, 0) is 0 Å². The maximum Gasteiger partial charge on any atom is 0.234 e. The van der Waals surface area contributed by atoms with E-state index in [9.17, 15) is 0 Å². The number of piperidine rings is 1. The molecule has 6 nitrogen and oxygen atoms in total. The van der Waals surface area contributed by atoms with Gasteiger partial charge in [-0.3, -0.25) is 9.55 Å². The predicted octanol–water partition coefficient (Wildman–Crippen LogP) is 1.04. The van der Waals surface area contributed by atoms with Gasteiger partial charge in [-0.2, -0.15) is 4.98 Å². The van der Waals surface area contributed by atoms with E-state index in [1.807, 2.05) is 10.8 Å². The summed E-state index contributed by atoms with van der Waals surface area (Å²) in [5, 5.41) is 3.35. The molecule has 0 aromatic carbocycles. The van der Waals surface area contributed by atoms with Crippen LogP contribution < -0.4 is 10.1 Å². The lowest BCUT2D eigenvalue weighted by Crippen LogP contribution is -2.30. The fourth-order valence-electron chi connectivity index (χ4n) is 2.18. The van der Waals surface area contributed by atoms with Gasteiger partial charge in [0.2, 0.25) is 5.88 Å². The van der Waals surface area contributed by atoms with E-state index in [0.717, 1.165) is 31.7 Å². The van der Waals surface area contributed by atoms with Crippen LogP contribution in [-0.4, -0.2) is 39.2 Å². The highest BCUT2D eigenvalue weighted by Gasteiger charge is 2.14. The number of hydrogen-bond donors (Lipinski definition) is 1. The second-order valence-electron chi connectivity index (χ2n) is 4.69. The van der Waals surface area contributed by atoms with Crippen molar-refractivity contribution in [3.05, 3.63) is 31.1 Å². The average molecular weight is 259 g/mol. The standard InChI is InChI=1S/C13H17N5O/c1-3-14-4-2-11(1)9-19-13-8-16-7-12(17-13)18-6-5-15-10-18/h5-8,10-11,14H,1-4,9H2. The average Bonchev–Trinajstić information content (AvgIpc) is 3.01. The third kappa shape index (κ3) is 3.08. The highest BCUT2D eigenvalue weighted by molar-refractivity contribution is 5.21. The van der Waals surface area contributed by atoms with E-state index in [0.29, 0.717) is 18.4 Å². The first-order chi connectivity index (χ1) is 9.42. The minimum atomic E-state index is 0.574. The summed E-state index contributed by atoms with van der Waals surface area (Å²) in [6, 6.07) is 0. The SMILES string of the molecule is c1cn(-c2cncc(OCC3CCNCC3)n2)cn1. The topological polar surface area (TPSA) is 64.9 Å². The Bertz CT molecular complexity index is 508. The molecule has 1 N–H and O–H groups in total. The van der Waals surface area contributed by atoms with Gasteiger partial charge in [-0.1, -0.05) is 0 Å². The van der Waals surface area contributed by atoms with Gasteiger partial charge in [-0.05, 0) is 31.8 Å². The van der Waals surface area contributed by atoms with Crippen molar-refractivity contribution >= 4 is 0 Å². The molecule has 19 heavy (non-hydrogen) atoms. The summed E-state index contributed by atoms with van der Waals surface area (Å²) in [5.74, 6) is 1.91. The Kier molecular flexibility index (Phi) is 3.69. The Morgan fingerprint density at radius 1 is 1.26 bits per heavy atom. The number of imidazole rings is 1. The molecule has 0 atom stereocenters. The number of rotatable bonds is 4. The van der Waals surface area contributed by atoms with Crippen molar-refractivity contribution < 1.29 is 4.74 Å². The number of nitrogens with one attached hydrogen (secondary N) is 1. The summed E-state index contributed by atoms with van der Waals surface area (Å²) in [5.41, 5.74) is 0. The fraction of sp³-hybridized carbons (Fsp3) is 0.462. The normalized spacial score (nSPS) is 16.4. The van der Waals surface area contributed by atoms with Crippen LogP contribution in [0.25, 0.3) is 5.82 Å². The van der Waals surface area contributed by atoms with Crippen molar-refractivity contribution in [1.82, 2.24) is 24.8 Å². The Hall–Kier alpha value is -1.95. The fourth-order valence-corrected chi connectivity index (χ4v) is 2.18. The zero-order valence-electron chi connectivity index (χ0n) is 10.7. The summed E-state index contributed by atoms with van der Waals surface area (Å²) in [4.78, 5) is 12.6. The molecule has 1 saturated heterocycles. The third-order valence-electron chi connectivity index (χ3n) is 3.29. The van der Waals surface area contributed by atoms with Gasteiger partial charge in [0.05, 0.1) is 19.0 Å². The highest BCUT2D eigenvalue weighted by Crippen LogP contribution is 2.15. The minimum Gasteiger partial charge on any atom is -0.476 e. The van der Waals surface area contributed by atoms with Crippen LogP contribution in [0.2, 0.25) is 0 Å². The first kappa shape index (κ1) is 12.1. The predicted molar refractivity (Wildman–Crippen MR) is 70.2 cm³/mol. The second-order valence-corrected chi connectivity index (χ2v) is 4.69. The lowest BCUT2D eigenvalue weighted by atomic mass is 9.99. The molecule has 0 unspecified atom stereocenters. The largest absolute Gasteiger partial charge is 0.476 e. The number of aromatic nitrogens is 4. The Labute approximate surface area is 111 Å². The Balaban J connectivity index is 1.63. The summed E-state index contributed by atoms with van der Waals surface area (Å²) in [6.07, 6.45) is 10.9. The number of hydrogen-bond acceptors (Lipinski definition) is 5. The lowest BCUT2D eigenvalue weighted by molar-refractivity contribution is 0.208. The van der Waals surface area contributed by atoms with Crippen molar-refractivity contribution in [2.45, 2.75) is 12.8 Å². The van der Waals surface area contributed by atoms with Gasteiger partial charge in [0.25, 0.3) is 0 Å². The first-order valence-corrected chi connectivity index (χ1v) is 6.56. The molecule has 2 aromatic rings. The van der Waals surface area contributed by atoms with Crippen molar-refractivity contribution in [2.75, 3.05) is 19.7 Å². The molecule has 100 valence electrons. The van der Waals surface area contributed by atoms with E-state index >= 15 is 0 Å². The van der Waals surface area contributed by atoms with Crippen molar-refractivity contribution in [1.29, 1.82) is 0 Å². The smallest absolute Gasteiger partial charge is 0.234 e. The third-order valence-corrected chi connectivity index (χ3v) is 3.29. The summed E-state index contributed by atoms with van der Waals surface area (Å²) in [7, 11) is 0. The summed E-state index contributed by atoms with van der Waals surface area (Å²) >= 11 is 0. The van der Waals surface area contributed by atoms with E-state index in [2.05, 4.69) is 20.3 Å². The molecule has 0 amide bonds. The molecule has 3 heterocycles. The number of ether oxygens (including phenoxy) is 1. The van der Waals surface area contributed by atoms with Crippen LogP contribution in [0.15, 0.2) is 31.1 Å². The van der Waals surface area contributed by atoms with Gasteiger partial charge >= 0.3 is 0 Å². The molecular weight excluding hydrogens is 242 g/mol. The van der Waals surface area contributed by atoms with E-state index < -0.39 is 0 Å². The van der Waals surface area contributed by atoms with Gasteiger partial charge in [-0.15, -0.1) is 0 Å². The molecule has 0 bridgehead atoms. The van der Waals surface area contributed by atoms with Crippen molar-refractivity contribution in [3.8, 4) is 11.7 Å². The maximum atomic E-state index is 5.75. The molecule has 0 aliphatic carbocycles. The van der Waals surface area contributed by atoms with Crippen molar-refractivity contribution in [2.24, 2.45) is 5.92 Å². The number of nitrogens with zero attached hydrogens (tertiary/aromatic N) is 4. The van der Waals surface area contributed by atoms with Crippen LogP contribution in [0.4, 0.5) is 0 Å². The van der Waals surface area contributed by atoms with Crippen LogP contribution >= 0.6 is 0 Å². The van der Waals surface area contributed by atoms with E-state index in [1.165, 1.54) is 0 Å². The first-order valence-electron chi connectivity index (χ1n) is 6.56. The minimum absolute atomic E-state index is 0.574. The van der Waals surface area contributed by atoms with E-state index in [-0.39, 0.29) is 0 Å². The molecular formula is C13H17N5O. The van der Waals surface area contributed by atoms with Gasteiger partial charge in [0.1, 0.15) is 6.33 Å². The monoisotopic (exact) mass is 259 g/mol. The molecule has 1 aliphatic rings. The molecule has 1 aliphatic heterocycles. The summed E-state index contributed by atoms with van der Waals surface area (Å²) < 4.78 is 7.56. The van der Waals surface area contributed by atoms with E-state index in [1.54, 1.807) is 24.9 Å². The van der Waals surface area contributed by atoms with Crippen LogP contribution in [0.5, 0.6) is 5.88 Å². The van der Waals surface area contributed by atoms with Crippen LogP contribution in [0, 0.1) is 5.92 Å². The Morgan fingerprint density at radius 3 is 2.95 bits per heavy atom. The second kappa shape index (κ2) is 5.79. The van der Waals surface area contributed by atoms with Crippen LogP contribution in [0.1, 0.15) is 12.8 Å². The molecule has 0 radical (unpaired) electrons. The van der Waals surface area contributed by atoms with Gasteiger partial charge < -0.3 is 10.1 Å². The highest BCUT2D eigenvalue weighted by atomic mass is 16.5. The van der Waals surface area contributed by atoms with Crippen LogP contribution in [0.3, 0.4) is 0 Å². The van der Waals surface area contributed by atoms with E-state index in [4.69, 9.17) is 4.74 Å². The maximum absolute atomic E-state index is 5.75. The molecule has 6 heteroatoms. The molecule has 1 fully saturated rings. The van der Waals surface area contributed by atoms with Gasteiger partial charge in [0.15, 0.2) is 5.82 Å². The summed E-state index contributed by atoms with van der Waals surface area (Å²) in [6.45, 7) is 2.87. The molecule has 0 spiro atoms. The zero-order valence-corrected chi connectivity index (χ0v) is 10.7. The quantitative estimate of drug-likeness (QED) is 0.888. The molecule has 2 aromatic heterocycles. The molecule has 0 saturated carbocycles. The lowest BCUT2D eigenvalue weighted by Gasteiger charge is -2.22. The van der Waals surface area contributed by atoms with Crippen molar-refractivity contribution in [3.63, 3.8) is 0 Å². The van der Waals surface area contributed by atoms with Gasteiger partial charge in [-0.25, -0.2) is 4.98 Å². The van der Waals surface area contributed by atoms with Gasteiger partial charge in [0, 0.05) is 12.4 Å². The zero-order chi connectivity index (χ0) is 12.9. The Morgan fingerprint density at radius 2 is 2.16 bits per heavy atom.